The Kier molecular flexibility index (Phi) is 6.46. The summed E-state index contributed by atoms with van der Waals surface area (Å²) < 4.78 is 28.6. The molecule has 2 amide bonds. The van der Waals surface area contributed by atoms with Gasteiger partial charge in [0.05, 0.1) is 12.1 Å². The molecule has 1 unspecified atom stereocenters. The van der Waals surface area contributed by atoms with Gasteiger partial charge in [-0.15, -0.1) is 11.3 Å². The van der Waals surface area contributed by atoms with Crippen LogP contribution in [-0.4, -0.2) is 51.0 Å². The zero-order valence-electron chi connectivity index (χ0n) is 19.4. The summed E-state index contributed by atoms with van der Waals surface area (Å²) in [5.41, 5.74) is -2.07. The van der Waals surface area contributed by atoms with Crippen LogP contribution in [0.25, 0.3) is 10.6 Å². The van der Waals surface area contributed by atoms with Crippen LogP contribution in [0.4, 0.5) is 8.78 Å². The van der Waals surface area contributed by atoms with Gasteiger partial charge in [0.2, 0.25) is 11.3 Å². The molecule has 3 aromatic rings. The third kappa shape index (κ3) is 4.20. The molecule has 0 fully saturated rings. The van der Waals surface area contributed by atoms with Crippen LogP contribution in [0.2, 0.25) is 0 Å². The molecule has 2 N–H and O–H groups in total. The number of nitrogens with zero attached hydrogens (tertiary/aromatic N) is 3. The summed E-state index contributed by atoms with van der Waals surface area (Å²) in [4.78, 5) is 45.4. The summed E-state index contributed by atoms with van der Waals surface area (Å²) in [6.07, 6.45) is 2.97. The SMILES string of the molecule is CCNC(=O)C1(C)CN(CC)C(=O)c2c(O)c(=O)c(-c3ncc(Cc4ccc(F)cc4F)s3)cn21. The first-order valence-corrected chi connectivity index (χ1v) is 11.9. The number of carbonyl (C=O) groups excluding carboxylic acids is 2. The van der Waals surface area contributed by atoms with Crippen molar-refractivity contribution in [2.75, 3.05) is 19.6 Å². The summed E-state index contributed by atoms with van der Waals surface area (Å²) in [5.74, 6) is -3.05. The molecule has 8 nitrogen and oxygen atoms in total. The fraction of sp³-hybridized carbons (Fsp3) is 0.333. The number of benzene rings is 1. The first-order valence-electron chi connectivity index (χ1n) is 11.1. The van der Waals surface area contributed by atoms with Gasteiger partial charge in [-0.1, -0.05) is 6.07 Å². The van der Waals surface area contributed by atoms with Gasteiger partial charge >= 0.3 is 0 Å². The summed E-state index contributed by atoms with van der Waals surface area (Å²) >= 11 is 1.10. The second kappa shape index (κ2) is 9.21. The predicted molar refractivity (Wildman–Crippen MR) is 127 cm³/mol. The highest BCUT2D eigenvalue weighted by atomic mass is 32.1. The molecule has 2 aromatic heterocycles. The average molecular weight is 503 g/mol. The minimum absolute atomic E-state index is 0.00958. The molecular weight excluding hydrogens is 478 g/mol. The number of amides is 2. The number of likely N-dealkylation sites (N-methyl/N-ethyl adjacent to an activating group) is 2. The van der Waals surface area contributed by atoms with Gasteiger partial charge in [0, 0.05) is 42.8 Å². The van der Waals surface area contributed by atoms with Crippen molar-refractivity contribution in [2.45, 2.75) is 32.7 Å². The van der Waals surface area contributed by atoms with E-state index in [1.807, 2.05) is 0 Å². The Morgan fingerprint density at radius 3 is 2.69 bits per heavy atom. The number of thiazole rings is 1. The lowest BCUT2D eigenvalue weighted by Gasteiger charge is -2.42. The number of halogens is 2. The maximum Gasteiger partial charge on any atom is 0.274 e. The van der Waals surface area contributed by atoms with E-state index in [0.29, 0.717) is 18.0 Å². The zero-order chi connectivity index (χ0) is 25.5. The van der Waals surface area contributed by atoms with E-state index in [0.717, 1.165) is 23.5 Å². The quantitative estimate of drug-likeness (QED) is 0.540. The van der Waals surface area contributed by atoms with E-state index in [1.54, 1.807) is 20.8 Å². The van der Waals surface area contributed by atoms with Gasteiger partial charge in [0.1, 0.15) is 22.2 Å². The molecule has 1 aliphatic rings. The van der Waals surface area contributed by atoms with Crippen molar-refractivity contribution in [1.82, 2.24) is 19.8 Å². The highest BCUT2D eigenvalue weighted by Gasteiger charge is 2.46. The van der Waals surface area contributed by atoms with Crippen LogP contribution in [-0.2, 0) is 16.8 Å². The van der Waals surface area contributed by atoms with Crippen LogP contribution in [0.5, 0.6) is 5.75 Å². The Hall–Kier alpha value is -3.60. The highest BCUT2D eigenvalue weighted by molar-refractivity contribution is 7.15. The molecule has 0 radical (unpaired) electrons. The monoisotopic (exact) mass is 502 g/mol. The fourth-order valence-electron chi connectivity index (χ4n) is 4.17. The molecule has 0 aliphatic carbocycles. The zero-order valence-corrected chi connectivity index (χ0v) is 20.2. The third-order valence-electron chi connectivity index (χ3n) is 6.08. The molecular formula is C24H24F2N4O4S. The van der Waals surface area contributed by atoms with Crippen molar-refractivity contribution in [3.8, 4) is 16.3 Å². The molecule has 1 aliphatic heterocycles. The molecule has 0 saturated heterocycles. The van der Waals surface area contributed by atoms with Gasteiger partial charge in [-0.2, -0.15) is 0 Å². The van der Waals surface area contributed by atoms with Crippen molar-refractivity contribution in [3.05, 3.63) is 68.6 Å². The average Bonchev–Trinajstić information content (AvgIpc) is 3.28. The van der Waals surface area contributed by atoms with Crippen LogP contribution in [0.1, 0.15) is 41.7 Å². The highest BCUT2D eigenvalue weighted by Crippen LogP contribution is 2.34. The van der Waals surface area contributed by atoms with Gasteiger partial charge in [0.25, 0.3) is 5.91 Å². The molecule has 11 heteroatoms. The van der Waals surface area contributed by atoms with Gasteiger partial charge in [-0.25, -0.2) is 13.8 Å². The Bertz CT molecular complexity index is 1390. The van der Waals surface area contributed by atoms with E-state index in [4.69, 9.17) is 0 Å². The minimum atomic E-state index is -1.29. The summed E-state index contributed by atoms with van der Waals surface area (Å²) in [6, 6.07) is 3.30. The number of nitrogens with one attached hydrogen (secondary N) is 1. The molecule has 184 valence electrons. The maximum atomic E-state index is 14.1. The standard InChI is InChI=1S/C24H24F2N4O4S/c1-4-27-23(34)24(3)12-29(5-2)22(33)18-20(32)19(31)16(11-30(18)24)21-28-10-15(35-21)8-13-6-7-14(25)9-17(13)26/h6-7,9-11,32H,4-5,8,12H2,1-3H3,(H,27,34). The molecule has 0 bridgehead atoms. The van der Waals surface area contributed by atoms with Crippen LogP contribution >= 0.6 is 11.3 Å². The van der Waals surface area contributed by atoms with Crippen LogP contribution < -0.4 is 10.7 Å². The smallest absolute Gasteiger partial charge is 0.274 e. The van der Waals surface area contributed by atoms with Crippen molar-refractivity contribution >= 4 is 23.2 Å². The van der Waals surface area contributed by atoms with E-state index in [2.05, 4.69) is 10.3 Å². The van der Waals surface area contributed by atoms with Crippen molar-refractivity contribution < 1.29 is 23.5 Å². The van der Waals surface area contributed by atoms with Crippen molar-refractivity contribution in [2.24, 2.45) is 0 Å². The number of pyridine rings is 1. The van der Waals surface area contributed by atoms with Gasteiger partial charge in [0.15, 0.2) is 11.4 Å². The van der Waals surface area contributed by atoms with Gasteiger partial charge in [-0.05, 0) is 32.4 Å². The van der Waals surface area contributed by atoms with E-state index < -0.39 is 34.3 Å². The minimum Gasteiger partial charge on any atom is -0.503 e. The van der Waals surface area contributed by atoms with E-state index in [9.17, 15) is 28.3 Å². The number of carbonyl (C=O) groups is 2. The summed E-state index contributed by atoms with van der Waals surface area (Å²) in [6.45, 7) is 5.85. The van der Waals surface area contributed by atoms with E-state index in [-0.39, 0.29) is 40.7 Å². The van der Waals surface area contributed by atoms with Crippen molar-refractivity contribution in [3.63, 3.8) is 0 Å². The van der Waals surface area contributed by atoms with E-state index >= 15 is 0 Å². The van der Waals surface area contributed by atoms with Crippen LogP contribution in [0, 0.1) is 11.6 Å². The normalized spacial score (nSPS) is 17.4. The summed E-state index contributed by atoms with van der Waals surface area (Å²) in [5, 5.41) is 13.8. The Balaban J connectivity index is 1.81. The Labute approximate surface area is 203 Å². The Morgan fingerprint density at radius 2 is 2.03 bits per heavy atom. The number of aromatic hydroxyl groups is 1. The van der Waals surface area contributed by atoms with Gasteiger partial charge in [-0.3, -0.25) is 14.4 Å². The number of hydrogen-bond donors (Lipinski definition) is 2. The summed E-state index contributed by atoms with van der Waals surface area (Å²) in [7, 11) is 0. The lowest BCUT2D eigenvalue weighted by atomic mass is 9.94. The molecule has 0 saturated carbocycles. The predicted octanol–water partition coefficient (Wildman–Crippen LogP) is 2.87. The molecule has 35 heavy (non-hydrogen) atoms. The van der Waals surface area contributed by atoms with E-state index in [1.165, 1.54) is 27.9 Å². The number of fused-ring (bicyclic) bond motifs is 1. The van der Waals surface area contributed by atoms with Crippen LogP contribution in [0.15, 0.2) is 35.4 Å². The van der Waals surface area contributed by atoms with Crippen LogP contribution in [0.3, 0.4) is 0 Å². The molecule has 4 rings (SSSR count). The third-order valence-corrected chi connectivity index (χ3v) is 7.11. The number of hydrogen-bond acceptors (Lipinski definition) is 6. The lowest BCUT2D eigenvalue weighted by Crippen LogP contribution is -2.59. The first kappa shape index (κ1) is 24.5. The first-order chi connectivity index (χ1) is 16.6. The molecule has 1 atom stereocenters. The maximum absolute atomic E-state index is 14.1. The van der Waals surface area contributed by atoms with Gasteiger partial charge < -0.3 is 19.9 Å². The number of rotatable bonds is 6. The lowest BCUT2D eigenvalue weighted by molar-refractivity contribution is -0.130. The fourth-order valence-corrected chi connectivity index (χ4v) is 5.11. The molecule has 3 heterocycles. The Morgan fingerprint density at radius 1 is 1.29 bits per heavy atom. The largest absolute Gasteiger partial charge is 0.503 e. The second-order valence-electron chi connectivity index (χ2n) is 8.44. The van der Waals surface area contributed by atoms with Crippen molar-refractivity contribution in [1.29, 1.82) is 0 Å². The second-order valence-corrected chi connectivity index (χ2v) is 9.55. The molecule has 1 aromatic carbocycles. The number of aromatic nitrogens is 2. The molecule has 0 spiro atoms. The topological polar surface area (TPSA) is 105 Å².